The Morgan fingerprint density at radius 2 is 1.76 bits per heavy atom. The van der Waals surface area contributed by atoms with Crippen molar-refractivity contribution in [2.45, 2.75) is 44.0 Å². The minimum atomic E-state index is -1.12. The maximum atomic E-state index is 10.2. The molecule has 0 aromatic heterocycles. The summed E-state index contributed by atoms with van der Waals surface area (Å²) in [6.45, 7) is 1.61. The molecule has 5 N–H and O–H groups in total. The first-order valence-electron chi connectivity index (χ1n) is 7.10. The van der Waals surface area contributed by atoms with Crippen LogP contribution in [-0.2, 0) is 4.74 Å². The van der Waals surface area contributed by atoms with E-state index in [1.165, 1.54) is 0 Å². The maximum Gasteiger partial charge on any atom is 0.160 e. The molecule has 0 bridgehead atoms. The Morgan fingerprint density at radius 3 is 2.33 bits per heavy atom. The third-order valence-corrected chi connectivity index (χ3v) is 4.14. The molecule has 0 radical (unpaired) electrons. The van der Waals surface area contributed by atoms with E-state index in [2.05, 4.69) is 5.32 Å². The van der Waals surface area contributed by atoms with Gasteiger partial charge in [0.1, 0.15) is 11.9 Å². The Hall–Kier alpha value is -1.18. The largest absolute Gasteiger partial charge is 0.508 e. The molecule has 6 nitrogen and oxygen atoms in total. The van der Waals surface area contributed by atoms with Gasteiger partial charge in [0, 0.05) is 12.0 Å². The van der Waals surface area contributed by atoms with E-state index in [0.29, 0.717) is 6.42 Å². The Kier molecular flexibility index (Phi) is 5.18. The van der Waals surface area contributed by atoms with E-state index in [1.807, 2.05) is 0 Å². The molecule has 1 heterocycles. The third kappa shape index (κ3) is 3.53. The quantitative estimate of drug-likeness (QED) is 0.541. The normalized spacial score (nSPS) is 34.6. The second kappa shape index (κ2) is 6.72. The molecule has 1 saturated heterocycles. The van der Waals surface area contributed by atoms with Gasteiger partial charge in [0.05, 0.1) is 12.2 Å². The lowest BCUT2D eigenvalue weighted by Gasteiger charge is -2.40. The van der Waals surface area contributed by atoms with Crippen LogP contribution in [0.15, 0.2) is 24.3 Å². The summed E-state index contributed by atoms with van der Waals surface area (Å²) in [5.41, 5.74) is 0.919. The number of phenolic OH excluding ortho intramolecular Hbond substituents is 1. The SMILES string of the molecule is CNC(C[C@@H]1C(O)O[C@@H](C)[C@@H](O)[C@H]1O)c1ccc(O)cc1. The van der Waals surface area contributed by atoms with Gasteiger partial charge in [0.25, 0.3) is 0 Å². The van der Waals surface area contributed by atoms with Crippen molar-refractivity contribution in [1.29, 1.82) is 0 Å². The molecule has 1 aromatic carbocycles. The zero-order valence-electron chi connectivity index (χ0n) is 12.2. The number of nitrogens with one attached hydrogen (secondary N) is 1. The van der Waals surface area contributed by atoms with Crippen molar-refractivity contribution in [3.63, 3.8) is 0 Å². The van der Waals surface area contributed by atoms with Crippen molar-refractivity contribution < 1.29 is 25.2 Å². The second-order valence-corrected chi connectivity index (χ2v) is 5.55. The molecule has 6 heteroatoms. The lowest BCUT2D eigenvalue weighted by molar-refractivity contribution is -0.261. The highest BCUT2D eigenvalue weighted by atomic mass is 16.6. The van der Waals surface area contributed by atoms with Crippen LogP contribution < -0.4 is 5.32 Å². The van der Waals surface area contributed by atoms with Crippen LogP contribution in [0.4, 0.5) is 0 Å². The molecule has 0 amide bonds. The lowest BCUT2D eigenvalue weighted by Crippen LogP contribution is -2.54. The average molecular weight is 297 g/mol. The molecular formula is C15H23NO5. The summed E-state index contributed by atoms with van der Waals surface area (Å²) >= 11 is 0. The third-order valence-electron chi connectivity index (χ3n) is 4.14. The van der Waals surface area contributed by atoms with Gasteiger partial charge in [0.2, 0.25) is 0 Å². The highest BCUT2D eigenvalue weighted by Gasteiger charge is 2.42. The van der Waals surface area contributed by atoms with Crippen LogP contribution >= 0.6 is 0 Å². The summed E-state index contributed by atoms with van der Waals surface area (Å²) in [7, 11) is 1.78. The molecule has 21 heavy (non-hydrogen) atoms. The van der Waals surface area contributed by atoms with Gasteiger partial charge in [-0.2, -0.15) is 0 Å². The Bertz CT molecular complexity index is 452. The average Bonchev–Trinajstić information content (AvgIpc) is 2.46. The zero-order chi connectivity index (χ0) is 15.6. The molecule has 1 aromatic rings. The molecule has 1 aliphatic rings. The van der Waals surface area contributed by atoms with E-state index < -0.39 is 30.5 Å². The molecule has 1 aliphatic heterocycles. The maximum absolute atomic E-state index is 10.2. The summed E-state index contributed by atoms with van der Waals surface area (Å²) in [4.78, 5) is 0. The van der Waals surface area contributed by atoms with E-state index in [1.54, 1.807) is 38.2 Å². The summed E-state index contributed by atoms with van der Waals surface area (Å²) in [6, 6.07) is 6.58. The summed E-state index contributed by atoms with van der Waals surface area (Å²) in [5, 5.41) is 42.5. The van der Waals surface area contributed by atoms with Crippen LogP contribution in [0.1, 0.15) is 24.9 Å². The second-order valence-electron chi connectivity index (χ2n) is 5.55. The van der Waals surface area contributed by atoms with Gasteiger partial charge in [-0.15, -0.1) is 0 Å². The Labute approximate surface area is 124 Å². The van der Waals surface area contributed by atoms with E-state index >= 15 is 0 Å². The first kappa shape index (κ1) is 16.2. The van der Waals surface area contributed by atoms with Gasteiger partial charge in [0.15, 0.2) is 6.29 Å². The van der Waals surface area contributed by atoms with Crippen LogP contribution in [0.5, 0.6) is 5.75 Å². The number of aromatic hydroxyl groups is 1. The predicted molar refractivity (Wildman–Crippen MR) is 76.6 cm³/mol. The van der Waals surface area contributed by atoms with Crippen LogP contribution in [0, 0.1) is 5.92 Å². The van der Waals surface area contributed by atoms with Crippen molar-refractivity contribution in [1.82, 2.24) is 5.32 Å². The monoisotopic (exact) mass is 297 g/mol. The fourth-order valence-electron chi connectivity index (χ4n) is 2.76. The molecule has 0 saturated carbocycles. The Morgan fingerprint density at radius 1 is 1.14 bits per heavy atom. The number of rotatable bonds is 4. The van der Waals surface area contributed by atoms with Gasteiger partial charge in [-0.3, -0.25) is 0 Å². The van der Waals surface area contributed by atoms with Gasteiger partial charge in [-0.05, 0) is 38.1 Å². The number of phenols is 1. The number of aliphatic hydroxyl groups is 3. The van der Waals surface area contributed by atoms with Crippen LogP contribution in [0.3, 0.4) is 0 Å². The number of hydrogen-bond donors (Lipinski definition) is 5. The highest BCUT2D eigenvalue weighted by molar-refractivity contribution is 5.28. The topological polar surface area (TPSA) is 102 Å². The summed E-state index contributed by atoms with van der Waals surface area (Å²) < 4.78 is 5.26. The lowest BCUT2D eigenvalue weighted by atomic mass is 9.84. The molecule has 0 spiro atoms. The molecular weight excluding hydrogens is 274 g/mol. The molecule has 118 valence electrons. The van der Waals surface area contributed by atoms with Gasteiger partial charge in [-0.25, -0.2) is 0 Å². The van der Waals surface area contributed by atoms with Crippen LogP contribution in [-0.4, -0.2) is 52.1 Å². The first-order chi connectivity index (χ1) is 9.93. The van der Waals surface area contributed by atoms with Crippen molar-refractivity contribution in [2.24, 2.45) is 5.92 Å². The van der Waals surface area contributed by atoms with Crippen molar-refractivity contribution in [3.05, 3.63) is 29.8 Å². The van der Waals surface area contributed by atoms with Crippen molar-refractivity contribution >= 4 is 0 Å². The molecule has 2 rings (SSSR count). The predicted octanol–water partition coefficient (Wildman–Crippen LogP) is 0.118. The summed E-state index contributed by atoms with van der Waals surface area (Å²) in [5.74, 6) is -0.415. The molecule has 1 fully saturated rings. The van der Waals surface area contributed by atoms with Gasteiger partial charge in [-0.1, -0.05) is 12.1 Å². The fourth-order valence-corrected chi connectivity index (χ4v) is 2.76. The van der Waals surface area contributed by atoms with Crippen molar-refractivity contribution in [2.75, 3.05) is 7.05 Å². The van der Waals surface area contributed by atoms with E-state index in [4.69, 9.17) is 4.74 Å². The Balaban J connectivity index is 2.12. The van der Waals surface area contributed by atoms with Gasteiger partial charge < -0.3 is 30.5 Å². The van der Waals surface area contributed by atoms with Crippen LogP contribution in [0.2, 0.25) is 0 Å². The summed E-state index contributed by atoms with van der Waals surface area (Å²) in [6.07, 6.45) is -3.39. The highest BCUT2D eigenvalue weighted by Crippen LogP contribution is 2.32. The van der Waals surface area contributed by atoms with Crippen LogP contribution in [0.25, 0.3) is 0 Å². The minimum Gasteiger partial charge on any atom is -0.508 e. The fraction of sp³-hybridized carbons (Fsp3) is 0.600. The molecule has 0 aliphatic carbocycles. The van der Waals surface area contributed by atoms with E-state index in [-0.39, 0.29) is 11.8 Å². The molecule has 6 atom stereocenters. The molecule has 2 unspecified atom stereocenters. The van der Waals surface area contributed by atoms with Gasteiger partial charge >= 0.3 is 0 Å². The smallest absolute Gasteiger partial charge is 0.160 e. The zero-order valence-corrected chi connectivity index (χ0v) is 12.2. The van der Waals surface area contributed by atoms with Crippen molar-refractivity contribution in [3.8, 4) is 5.75 Å². The number of benzene rings is 1. The number of aliphatic hydroxyl groups excluding tert-OH is 3. The van der Waals surface area contributed by atoms with E-state index in [9.17, 15) is 20.4 Å². The number of hydrogen-bond acceptors (Lipinski definition) is 6. The minimum absolute atomic E-state index is 0.135. The number of ether oxygens (including phenoxy) is 1. The first-order valence-corrected chi connectivity index (χ1v) is 7.10. The van der Waals surface area contributed by atoms with E-state index in [0.717, 1.165) is 5.56 Å². The standard InChI is InChI=1S/C15H23NO5/c1-8-13(18)14(19)11(15(20)21-8)7-12(16-2)9-3-5-10(17)6-4-9/h3-6,8,11-20H,7H2,1-2H3/t8-,11-,12?,13+,14-,15?/m0/s1.